The van der Waals surface area contributed by atoms with Crippen molar-refractivity contribution in [3.05, 3.63) is 36.5 Å². The summed E-state index contributed by atoms with van der Waals surface area (Å²) in [7, 11) is 0. The summed E-state index contributed by atoms with van der Waals surface area (Å²) in [5.41, 5.74) is 0. The average molecular weight is 1040 g/mol. The number of carbonyl (C=O) groups excluding carboxylic acids is 3. The molecule has 434 valence electrons. The monoisotopic (exact) mass is 1040 g/mol. The summed E-state index contributed by atoms with van der Waals surface area (Å²) in [6.45, 7) is 6.65. The molecule has 0 fully saturated rings. The van der Waals surface area contributed by atoms with Crippen molar-refractivity contribution in [2.75, 3.05) is 13.2 Å². The van der Waals surface area contributed by atoms with Gasteiger partial charge in [-0.2, -0.15) is 0 Å². The van der Waals surface area contributed by atoms with Gasteiger partial charge >= 0.3 is 17.9 Å². The fraction of sp³-hybridized carbons (Fsp3) is 0.868. The van der Waals surface area contributed by atoms with Gasteiger partial charge in [-0.05, 0) is 70.6 Å². The quantitative estimate of drug-likeness (QED) is 0.0261. The fourth-order valence-electron chi connectivity index (χ4n) is 9.87. The number of unbranched alkanes of at least 4 members (excludes halogenated alkanes) is 44. The van der Waals surface area contributed by atoms with E-state index in [4.69, 9.17) is 14.2 Å². The number of hydrogen-bond acceptors (Lipinski definition) is 6. The lowest BCUT2D eigenvalue weighted by Gasteiger charge is -2.18. The van der Waals surface area contributed by atoms with Crippen molar-refractivity contribution in [3.8, 4) is 0 Å². The molecule has 0 amide bonds. The molecule has 0 saturated carbocycles. The molecule has 0 saturated heterocycles. The molecule has 0 aromatic carbocycles. The number of carbonyl (C=O) groups is 3. The Morgan fingerprint density at radius 2 is 0.500 bits per heavy atom. The SMILES string of the molecule is CCCC/C=C\CCCCCCCC(=O)OCC(COC(=O)CCCCCCCCCCCCCCC/C=C\C/C=C\CCCCCCC)OC(=O)CCCCCCCCCCCCCCCCCCCCCC. The first-order chi connectivity index (χ1) is 36.5. The lowest BCUT2D eigenvalue weighted by molar-refractivity contribution is -0.167. The van der Waals surface area contributed by atoms with E-state index in [1.54, 1.807) is 0 Å². The van der Waals surface area contributed by atoms with Crippen LogP contribution in [0.25, 0.3) is 0 Å². The first-order valence-electron chi connectivity index (χ1n) is 33.0. The molecule has 6 heteroatoms. The third-order valence-electron chi connectivity index (χ3n) is 14.9. The van der Waals surface area contributed by atoms with Gasteiger partial charge in [0, 0.05) is 19.3 Å². The van der Waals surface area contributed by atoms with Gasteiger partial charge in [-0.25, -0.2) is 0 Å². The summed E-state index contributed by atoms with van der Waals surface area (Å²) in [4.78, 5) is 38.3. The Labute approximate surface area is 461 Å². The molecular weight excluding hydrogens is 913 g/mol. The molecule has 0 aromatic rings. The summed E-state index contributed by atoms with van der Waals surface area (Å²) in [6, 6.07) is 0. The van der Waals surface area contributed by atoms with Crippen molar-refractivity contribution in [1.29, 1.82) is 0 Å². The normalized spacial score (nSPS) is 12.2. The van der Waals surface area contributed by atoms with Crippen molar-refractivity contribution in [3.63, 3.8) is 0 Å². The van der Waals surface area contributed by atoms with Crippen molar-refractivity contribution in [1.82, 2.24) is 0 Å². The van der Waals surface area contributed by atoms with E-state index in [9.17, 15) is 14.4 Å². The maximum Gasteiger partial charge on any atom is 0.306 e. The van der Waals surface area contributed by atoms with E-state index in [0.717, 1.165) is 70.6 Å². The first kappa shape index (κ1) is 71.6. The molecule has 0 aliphatic heterocycles. The molecular formula is C68H126O6. The highest BCUT2D eigenvalue weighted by atomic mass is 16.6. The third-order valence-corrected chi connectivity index (χ3v) is 14.9. The van der Waals surface area contributed by atoms with Crippen LogP contribution < -0.4 is 0 Å². The van der Waals surface area contributed by atoms with E-state index in [2.05, 4.69) is 57.2 Å². The summed E-state index contributed by atoms with van der Waals surface area (Å²) < 4.78 is 16.9. The molecule has 0 aromatic heterocycles. The summed E-state index contributed by atoms with van der Waals surface area (Å²) in [6.07, 6.45) is 77.4. The van der Waals surface area contributed by atoms with Crippen molar-refractivity contribution in [2.24, 2.45) is 0 Å². The lowest BCUT2D eigenvalue weighted by atomic mass is 10.0. The van der Waals surface area contributed by atoms with Gasteiger partial charge in [0.05, 0.1) is 0 Å². The Bertz CT molecular complexity index is 1240. The van der Waals surface area contributed by atoms with Gasteiger partial charge in [0.25, 0.3) is 0 Å². The number of allylic oxidation sites excluding steroid dienone is 6. The van der Waals surface area contributed by atoms with Gasteiger partial charge in [0.2, 0.25) is 0 Å². The van der Waals surface area contributed by atoms with E-state index in [1.165, 1.54) is 250 Å². The molecule has 0 aliphatic rings. The lowest BCUT2D eigenvalue weighted by Crippen LogP contribution is -2.30. The Morgan fingerprint density at radius 1 is 0.270 bits per heavy atom. The second kappa shape index (κ2) is 63.2. The fourth-order valence-corrected chi connectivity index (χ4v) is 9.87. The van der Waals surface area contributed by atoms with Gasteiger partial charge in [-0.3, -0.25) is 14.4 Å². The molecule has 1 atom stereocenters. The highest BCUT2D eigenvalue weighted by Gasteiger charge is 2.19. The first-order valence-corrected chi connectivity index (χ1v) is 33.0. The number of rotatable bonds is 61. The molecule has 0 rings (SSSR count). The van der Waals surface area contributed by atoms with E-state index in [-0.39, 0.29) is 31.1 Å². The van der Waals surface area contributed by atoms with Crippen LogP contribution in [-0.2, 0) is 28.6 Å². The average Bonchev–Trinajstić information content (AvgIpc) is 3.40. The molecule has 0 bridgehead atoms. The van der Waals surface area contributed by atoms with Crippen molar-refractivity contribution >= 4 is 17.9 Å². The summed E-state index contributed by atoms with van der Waals surface area (Å²) in [5, 5.41) is 0. The molecule has 6 nitrogen and oxygen atoms in total. The summed E-state index contributed by atoms with van der Waals surface area (Å²) >= 11 is 0. The molecule has 74 heavy (non-hydrogen) atoms. The Morgan fingerprint density at radius 3 is 0.797 bits per heavy atom. The van der Waals surface area contributed by atoms with Crippen LogP contribution in [0, 0.1) is 0 Å². The number of hydrogen-bond donors (Lipinski definition) is 0. The van der Waals surface area contributed by atoms with Crippen molar-refractivity contribution < 1.29 is 28.6 Å². The third kappa shape index (κ3) is 60.5. The predicted molar refractivity (Wildman–Crippen MR) is 321 cm³/mol. The molecule has 1 unspecified atom stereocenters. The van der Waals surface area contributed by atoms with Crippen LogP contribution >= 0.6 is 0 Å². The van der Waals surface area contributed by atoms with Crippen LogP contribution in [0.3, 0.4) is 0 Å². The van der Waals surface area contributed by atoms with Gasteiger partial charge in [-0.15, -0.1) is 0 Å². The topological polar surface area (TPSA) is 78.9 Å². The zero-order chi connectivity index (χ0) is 53.6. The zero-order valence-corrected chi connectivity index (χ0v) is 49.9. The van der Waals surface area contributed by atoms with Gasteiger partial charge in [0.1, 0.15) is 13.2 Å². The van der Waals surface area contributed by atoms with Crippen LogP contribution in [0.5, 0.6) is 0 Å². The highest BCUT2D eigenvalue weighted by Crippen LogP contribution is 2.18. The molecule has 0 spiro atoms. The predicted octanol–water partition coefficient (Wildman–Crippen LogP) is 22.4. The minimum absolute atomic E-state index is 0.0706. The van der Waals surface area contributed by atoms with E-state index < -0.39 is 6.10 Å². The Balaban J connectivity index is 4.20. The van der Waals surface area contributed by atoms with Crippen LogP contribution in [-0.4, -0.2) is 37.2 Å². The second-order valence-corrected chi connectivity index (χ2v) is 22.4. The van der Waals surface area contributed by atoms with E-state index in [0.29, 0.717) is 19.3 Å². The summed E-state index contributed by atoms with van der Waals surface area (Å²) in [5.74, 6) is -0.857. The van der Waals surface area contributed by atoms with E-state index >= 15 is 0 Å². The Hall–Kier alpha value is -2.37. The number of esters is 3. The van der Waals surface area contributed by atoms with Crippen LogP contribution in [0.2, 0.25) is 0 Å². The maximum absolute atomic E-state index is 12.9. The van der Waals surface area contributed by atoms with Crippen LogP contribution in [0.15, 0.2) is 36.5 Å². The van der Waals surface area contributed by atoms with Gasteiger partial charge in [0.15, 0.2) is 6.10 Å². The standard InChI is InChI=1S/C68H126O6/c1-4-7-10-13-16-19-22-24-26-28-30-32-33-34-35-36-38-39-41-43-46-49-52-55-58-61-67(70)73-64-65(63-72-66(69)60-57-54-51-48-45-21-18-15-12-9-6-3)74-68(71)62-59-56-53-50-47-44-42-40-37-31-29-27-25-23-20-17-14-11-8-5-2/h15,18,22,24,28,30,65H,4-14,16-17,19-21,23,25-27,29,31-64H2,1-3H3/b18-15-,24-22-,30-28-. The highest BCUT2D eigenvalue weighted by molar-refractivity contribution is 5.71. The van der Waals surface area contributed by atoms with Crippen LogP contribution in [0.1, 0.15) is 361 Å². The minimum atomic E-state index is -0.773. The molecule has 0 heterocycles. The van der Waals surface area contributed by atoms with Gasteiger partial charge < -0.3 is 14.2 Å². The molecule has 0 aliphatic carbocycles. The Kier molecular flexibility index (Phi) is 61.1. The van der Waals surface area contributed by atoms with Crippen molar-refractivity contribution in [2.45, 2.75) is 367 Å². The van der Waals surface area contributed by atoms with E-state index in [1.807, 2.05) is 0 Å². The smallest absolute Gasteiger partial charge is 0.306 e. The molecule has 0 radical (unpaired) electrons. The second-order valence-electron chi connectivity index (χ2n) is 22.4. The van der Waals surface area contributed by atoms with Gasteiger partial charge in [-0.1, -0.05) is 308 Å². The largest absolute Gasteiger partial charge is 0.462 e. The molecule has 0 N–H and O–H groups in total. The maximum atomic E-state index is 12.9. The minimum Gasteiger partial charge on any atom is -0.462 e. The number of ether oxygens (including phenoxy) is 3. The van der Waals surface area contributed by atoms with Crippen LogP contribution in [0.4, 0.5) is 0 Å². The zero-order valence-electron chi connectivity index (χ0n) is 49.9.